The SMILES string of the molecule is CN(C)C(=O)NCCNS(=O)(=O)c1c(N)cc(Cl)cc1Cl. The van der Waals surface area contributed by atoms with Crippen molar-refractivity contribution in [2.24, 2.45) is 0 Å². The van der Waals surface area contributed by atoms with E-state index in [-0.39, 0.29) is 39.7 Å². The van der Waals surface area contributed by atoms with Gasteiger partial charge in [0.15, 0.2) is 0 Å². The molecule has 0 aliphatic carbocycles. The molecule has 0 aromatic heterocycles. The number of benzene rings is 1. The van der Waals surface area contributed by atoms with E-state index in [1.54, 1.807) is 14.1 Å². The highest BCUT2D eigenvalue weighted by Gasteiger charge is 2.21. The van der Waals surface area contributed by atoms with Gasteiger partial charge in [-0.1, -0.05) is 23.2 Å². The quantitative estimate of drug-likeness (QED) is 0.544. The Bertz CT molecular complexity index is 611. The van der Waals surface area contributed by atoms with Gasteiger partial charge in [0, 0.05) is 32.2 Å². The predicted octanol–water partition coefficient (Wildman–Crippen LogP) is 1.13. The first-order valence-electron chi connectivity index (χ1n) is 5.84. The van der Waals surface area contributed by atoms with Gasteiger partial charge in [0.2, 0.25) is 10.0 Å². The fourth-order valence-electron chi connectivity index (χ4n) is 1.45. The number of rotatable bonds is 5. The second kappa shape index (κ2) is 7.17. The highest BCUT2D eigenvalue weighted by Crippen LogP contribution is 2.30. The molecular formula is C11H16Cl2N4O3S. The van der Waals surface area contributed by atoms with Crippen LogP contribution in [0.2, 0.25) is 10.0 Å². The van der Waals surface area contributed by atoms with Gasteiger partial charge in [-0.15, -0.1) is 0 Å². The molecule has 10 heteroatoms. The lowest BCUT2D eigenvalue weighted by molar-refractivity contribution is 0.217. The van der Waals surface area contributed by atoms with Gasteiger partial charge in [0.05, 0.1) is 10.7 Å². The van der Waals surface area contributed by atoms with Gasteiger partial charge in [-0.3, -0.25) is 0 Å². The number of hydrogen-bond acceptors (Lipinski definition) is 4. The number of nitrogen functional groups attached to an aromatic ring is 1. The third-order valence-corrected chi connectivity index (χ3v) is 4.61. The van der Waals surface area contributed by atoms with Crippen LogP contribution in [-0.4, -0.2) is 46.5 Å². The second-order valence-electron chi connectivity index (χ2n) is 4.33. The Morgan fingerprint density at radius 2 is 1.90 bits per heavy atom. The summed E-state index contributed by atoms with van der Waals surface area (Å²) in [7, 11) is -0.733. The van der Waals surface area contributed by atoms with Crippen molar-refractivity contribution in [1.29, 1.82) is 0 Å². The standard InChI is InChI=1S/C11H16Cl2N4O3S/c1-17(2)11(18)15-3-4-16-21(19,20)10-8(13)5-7(12)6-9(10)14/h5-6,16H,3-4,14H2,1-2H3,(H,15,18). The molecule has 21 heavy (non-hydrogen) atoms. The lowest BCUT2D eigenvalue weighted by Gasteiger charge is -2.13. The van der Waals surface area contributed by atoms with Gasteiger partial charge in [-0.2, -0.15) is 0 Å². The number of carbonyl (C=O) groups excluding carboxylic acids is 1. The van der Waals surface area contributed by atoms with E-state index >= 15 is 0 Å². The van der Waals surface area contributed by atoms with Crippen molar-refractivity contribution >= 4 is 44.9 Å². The Labute approximate surface area is 133 Å². The van der Waals surface area contributed by atoms with Crippen LogP contribution in [0.3, 0.4) is 0 Å². The van der Waals surface area contributed by atoms with Gasteiger partial charge in [-0.25, -0.2) is 17.9 Å². The number of sulfonamides is 1. The van der Waals surface area contributed by atoms with E-state index in [2.05, 4.69) is 10.0 Å². The summed E-state index contributed by atoms with van der Waals surface area (Å²) in [5.41, 5.74) is 5.59. The third-order valence-electron chi connectivity index (χ3n) is 2.41. The summed E-state index contributed by atoms with van der Waals surface area (Å²) in [5, 5.41) is 2.70. The number of hydrogen-bond donors (Lipinski definition) is 3. The molecule has 0 fully saturated rings. The maximum atomic E-state index is 12.1. The van der Waals surface area contributed by atoms with Crippen molar-refractivity contribution < 1.29 is 13.2 Å². The highest BCUT2D eigenvalue weighted by molar-refractivity contribution is 7.89. The van der Waals surface area contributed by atoms with E-state index in [1.165, 1.54) is 17.0 Å². The fourth-order valence-corrected chi connectivity index (χ4v) is 3.46. The van der Waals surface area contributed by atoms with E-state index in [1.807, 2.05) is 0 Å². The Kier molecular flexibility index (Phi) is 6.09. The number of anilines is 1. The normalized spacial score (nSPS) is 11.2. The molecular weight excluding hydrogens is 339 g/mol. The first-order valence-corrected chi connectivity index (χ1v) is 8.08. The van der Waals surface area contributed by atoms with Crippen LogP contribution in [0.1, 0.15) is 0 Å². The van der Waals surface area contributed by atoms with Crippen LogP contribution in [0.5, 0.6) is 0 Å². The highest BCUT2D eigenvalue weighted by atomic mass is 35.5. The van der Waals surface area contributed by atoms with Gasteiger partial charge in [0.25, 0.3) is 0 Å². The van der Waals surface area contributed by atoms with Crippen LogP contribution in [0.4, 0.5) is 10.5 Å². The summed E-state index contributed by atoms with van der Waals surface area (Å²) < 4.78 is 26.5. The van der Waals surface area contributed by atoms with Crippen LogP contribution in [0.15, 0.2) is 17.0 Å². The molecule has 0 aliphatic heterocycles. The Balaban J connectivity index is 2.73. The van der Waals surface area contributed by atoms with Crippen LogP contribution < -0.4 is 15.8 Å². The van der Waals surface area contributed by atoms with Crippen molar-refractivity contribution in [3.63, 3.8) is 0 Å². The summed E-state index contributed by atoms with van der Waals surface area (Å²) >= 11 is 11.6. The number of nitrogens with two attached hydrogens (primary N) is 1. The van der Waals surface area contributed by atoms with Crippen LogP contribution >= 0.6 is 23.2 Å². The van der Waals surface area contributed by atoms with Crippen molar-refractivity contribution in [2.45, 2.75) is 4.90 Å². The lowest BCUT2D eigenvalue weighted by Crippen LogP contribution is -2.39. The second-order valence-corrected chi connectivity index (χ2v) is 6.88. The largest absolute Gasteiger partial charge is 0.398 e. The molecule has 4 N–H and O–H groups in total. The number of carbonyl (C=O) groups is 1. The van der Waals surface area contributed by atoms with Crippen molar-refractivity contribution in [2.75, 3.05) is 32.9 Å². The minimum Gasteiger partial charge on any atom is -0.398 e. The monoisotopic (exact) mass is 354 g/mol. The Hall–Kier alpha value is -1.22. The molecule has 0 atom stereocenters. The number of nitrogens with zero attached hydrogens (tertiary/aromatic N) is 1. The van der Waals surface area contributed by atoms with Gasteiger partial charge >= 0.3 is 6.03 Å². The molecule has 1 aromatic rings. The van der Waals surface area contributed by atoms with Gasteiger partial charge < -0.3 is 16.0 Å². The summed E-state index contributed by atoms with van der Waals surface area (Å²) in [6.07, 6.45) is 0. The number of amides is 2. The zero-order valence-corrected chi connectivity index (χ0v) is 13.8. The van der Waals surface area contributed by atoms with Gasteiger partial charge in [0.1, 0.15) is 4.90 Å². The molecule has 7 nitrogen and oxygen atoms in total. The fraction of sp³-hybridized carbons (Fsp3) is 0.364. The average Bonchev–Trinajstić information content (AvgIpc) is 2.32. The molecule has 0 saturated carbocycles. The Morgan fingerprint density at radius 1 is 1.29 bits per heavy atom. The molecule has 0 radical (unpaired) electrons. The molecule has 1 aromatic carbocycles. The minimum absolute atomic E-state index is 0.000306. The molecule has 2 amide bonds. The Morgan fingerprint density at radius 3 is 2.43 bits per heavy atom. The summed E-state index contributed by atoms with van der Waals surface area (Å²) in [4.78, 5) is 12.4. The molecule has 0 spiro atoms. The average molecular weight is 355 g/mol. The zero-order chi connectivity index (χ0) is 16.2. The topological polar surface area (TPSA) is 105 Å². The maximum Gasteiger partial charge on any atom is 0.316 e. The molecule has 0 bridgehead atoms. The van der Waals surface area contributed by atoms with Crippen LogP contribution in [-0.2, 0) is 10.0 Å². The summed E-state index contributed by atoms with van der Waals surface area (Å²) in [5.74, 6) is 0. The first kappa shape index (κ1) is 17.8. The minimum atomic E-state index is -3.89. The van der Waals surface area contributed by atoms with Crippen LogP contribution in [0, 0.1) is 0 Å². The summed E-state index contributed by atoms with van der Waals surface area (Å²) in [6.45, 7) is 0.127. The molecule has 0 aliphatic rings. The summed E-state index contributed by atoms with van der Waals surface area (Å²) in [6, 6.07) is 2.27. The van der Waals surface area contributed by atoms with E-state index in [4.69, 9.17) is 28.9 Å². The molecule has 118 valence electrons. The molecule has 1 rings (SSSR count). The van der Waals surface area contributed by atoms with E-state index in [0.717, 1.165) is 0 Å². The van der Waals surface area contributed by atoms with Crippen molar-refractivity contribution in [1.82, 2.24) is 14.9 Å². The van der Waals surface area contributed by atoms with Crippen molar-refractivity contribution in [3.8, 4) is 0 Å². The van der Waals surface area contributed by atoms with Crippen LogP contribution in [0.25, 0.3) is 0 Å². The first-order chi connectivity index (χ1) is 9.65. The number of halogens is 2. The zero-order valence-electron chi connectivity index (χ0n) is 11.5. The van der Waals surface area contributed by atoms with Crippen molar-refractivity contribution in [3.05, 3.63) is 22.2 Å². The molecule has 0 heterocycles. The van der Waals surface area contributed by atoms with E-state index < -0.39 is 10.0 Å². The maximum absolute atomic E-state index is 12.1. The number of nitrogens with one attached hydrogen (secondary N) is 2. The lowest BCUT2D eigenvalue weighted by atomic mass is 10.3. The molecule has 0 unspecified atom stereocenters. The predicted molar refractivity (Wildman–Crippen MR) is 83.1 cm³/mol. The molecule has 0 saturated heterocycles. The number of urea groups is 1. The third kappa shape index (κ3) is 4.92. The van der Waals surface area contributed by atoms with E-state index in [0.29, 0.717) is 0 Å². The van der Waals surface area contributed by atoms with E-state index in [9.17, 15) is 13.2 Å². The smallest absolute Gasteiger partial charge is 0.316 e. The van der Waals surface area contributed by atoms with Gasteiger partial charge in [-0.05, 0) is 12.1 Å².